The van der Waals surface area contributed by atoms with Crippen LogP contribution >= 0.6 is 0 Å². The van der Waals surface area contributed by atoms with Crippen LogP contribution in [0.1, 0.15) is 22.3 Å². The molecule has 234 valence electrons. The molecule has 0 fully saturated rings. The Balaban J connectivity index is 1.23. The van der Waals surface area contributed by atoms with E-state index >= 15 is 0 Å². The summed E-state index contributed by atoms with van der Waals surface area (Å²) in [7, 11) is 0. The first kappa shape index (κ1) is 27.4. The maximum Gasteiger partial charge on any atom is 0.137 e. The molecule has 11 rings (SSSR count). The molecule has 1 spiro atoms. The van der Waals surface area contributed by atoms with Gasteiger partial charge in [-0.05, 0) is 81.6 Å². The largest absolute Gasteiger partial charge is 0.457 e. The Bertz CT molecular complexity index is 2770. The number of furan rings is 1. The van der Waals surface area contributed by atoms with Crippen LogP contribution in [-0.4, -0.2) is 0 Å². The molecule has 3 nitrogen and oxygen atoms in total. The zero-order chi connectivity index (χ0) is 32.8. The van der Waals surface area contributed by atoms with E-state index in [1.54, 1.807) is 0 Å². The summed E-state index contributed by atoms with van der Waals surface area (Å²) in [5, 5.41) is 4.66. The average Bonchev–Trinajstić information content (AvgIpc) is 3.70. The van der Waals surface area contributed by atoms with E-state index in [4.69, 9.17) is 9.15 Å². The van der Waals surface area contributed by atoms with E-state index in [1.165, 1.54) is 33.0 Å². The summed E-state index contributed by atoms with van der Waals surface area (Å²) in [5.74, 6) is 1.73. The first-order valence-corrected chi connectivity index (χ1v) is 17.1. The van der Waals surface area contributed by atoms with Crippen LogP contribution in [0.5, 0.6) is 11.5 Å². The molecule has 0 saturated heterocycles. The fourth-order valence-corrected chi connectivity index (χ4v) is 8.76. The molecule has 0 atom stereocenters. The van der Waals surface area contributed by atoms with Crippen LogP contribution in [0.3, 0.4) is 0 Å². The molecule has 2 heterocycles. The van der Waals surface area contributed by atoms with Gasteiger partial charge in [-0.3, -0.25) is 0 Å². The maximum atomic E-state index is 6.86. The van der Waals surface area contributed by atoms with Crippen molar-refractivity contribution < 1.29 is 9.15 Å². The van der Waals surface area contributed by atoms with Crippen molar-refractivity contribution in [2.75, 3.05) is 4.90 Å². The van der Waals surface area contributed by atoms with Crippen molar-refractivity contribution in [2.45, 2.75) is 5.41 Å². The van der Waals surface area contributed by atoms with Gasteiger partial charge in [0, 0.05) is 39.3 Å². The van der Waals surface area contributed by atoms with E-state index in [1.807, 2.05) is 0 Å². The Morgan fingerprint density at radius 1 is 0.440 bits per heavy atom. The molecule has 1 aromatic heterocycles. The molecule has 8 aromatic carbocycles. The molecule has 50 heavy (non-hydrogen) atoms. The van der Waals surface area contributed by atoms with Gasteiger partial charge >= 0.3 is 0 Å². The number of anilines is 3. The fourth-order valence-electron chi connectivity index (χ4n) is 8.76. The van der Waals surface area contributed by atoms with Crippen molar-refractivity contribution in [3.8, 4) is 22.6 Å². The maximum absolute atomic E-state index is 6.86. The molecule has 2 aliphatic rings. The lowest BCUT2D eigenvalue weighted by Crippen LogP contribution is -2.34. The highest BCUT2D eigenvalue weighted by atomic mass is 16.5. The van der Waals surface area contributed by atoms with E-state index < -0.39 is 5.41 Å². The smallest absolute Gasteiger partial charge is 0.137 e. The van der Waals surface area contributed by atoms with Gasteiger partial charge in [0.25, 0.3) is 0 Å². The summed E-state index contributed by atoms with van der Waals surface area (Å²) in [4.78, 5) is 2.37. The van der Waals surface area contributed by atoms with Gasteiger partial charge in [0.1, 0.15) is 22.7 Å². The van der Waals surface area contributed by atoms with Crippen LogP contribution in [0, 0.1) is 0 Å². The number of fused-ring (bicyclic) bond motifs is 14. The Kier molecular flexibility index (Phi) is 5.59. The van der Waals surface area contributed by atoms with Crippen LogP contribution in [0.4, 0.5) is 17.1 Å². The minimum atomic E-state index is -0.608. The minimum absolute atomic E-state index is 0.608. The lowest BCUT2D eigenvalue weighted by Gasteiger charge is -2.42. The molecule has 0 bridgehead atoms. The molecule has 1 aliphatic heterocycles. The van der Waals surface area contributed by atoms with Crippen molar-refractivity contribution in [3.63, 3.8) is 0 Å². The molecular weight excluding hydrogens is 611 g/mol. The zero-order valence-corrected chi connectivity index (χ0v) is 27.0. The van der Waals surface area contributed by atoms with Crippen molar-refractivity contribution >= 4 is 49.8 Å². The number of hydrogen-bond acceptors (Lipinski definition) is 3. The van der Waals surface area contributed by atoms with Crippen molar-refractivity contribution in [1.82, 2.24) is 0 Å². The van der Waals surface area contributed by atoms with Gasteiger partial charge in [-0.2, -0.15) is 0 Å². The van der Waals surface area contributed by atoms with Crippen molar-refractivity contribution in [2.24, 2.45) is 0 Å². The molecule has 3 heteroatoms. The third kappa shape index (κ3) is 3.58. The van der Waals surface area contributed by atoms with Gasteiger partial charge in [0.05, 0.1) is 11.1 Å². The van der Waals surface area contributed by atoms with Crippen LogP contribution in [0.15, 0.2) is 180 Å². The van der Waals surface area contributed by atoms with Gasteiger partial charge in [-0.1, -0.05) is 121 Å². The molecule has 0 N–H and O–H groups in total. The van der Waals surface area contributed by atoms with E-state index in [0.29, 0.717) is 0 Å². The normalized spacial score (nSPS) is 13.5. The van der Waals surface area contributed by atoms with Gasteiger partial charge in [-0.15, -0.1) is 0 Å². The second-order valence-corrected chi connectivity index (χ2v) is 13.2. The van der Waals surface area contributed by atoms with Crippen LogP contribution in [-0.2, 0) is 5.41 Å². The lowest BCUT2D eigenvalue weighted by molar-refractivity contribution is 0.437. The highest BCUT2D eigenvalue weighted by Gasteiger charge is 2.52. The number of ether oxygens (including phenoxy) is 1. The lowest BCUT2D eigenvalue weighted by atomic mass is 9.65. The van der Waals surface area contributed by atoms with Crippen molar-refractivity contribution in [1.29, 1.82) is 0 Å². The summed E-state index contributed by atoms with van der Waals surface area (Å²) < 4.78 is 13.5. The molecule has 0 amide bonds. The summed E-state index contributed by atoms with van der Waals surface area (Å²) in [6.07, 6.45) is 0. The van der Waals surface area contributed by atoms with E-state index in [0.717, 1.165) is 61.6 Å². The van der Waals surface area contributed by atoms with E-state index in [9.17, 15) is 0 Å². The third-order valence-corrected chi connectivity index (χ3v) is 10.7. The third-order valence-electron chi connectivity index (χ3n) is 10.7. The molecule has 9 aromatic rings. The fraction of sp³-hybridized carbons (Fsp3) is 0.0213. The first-order valence-electron chi connectivity index (χ1n) is 17.1. The topological polar surface area (TPSA) is 25.6 Å². The van der Waals surface area contributed by atoms with Crippen LogP contribution in [0.2, 0.25) is 0 Å². The Hall–Kier alpha value is -6.58. The monoisotopic (exact) mass is 639 g/mol. The van der Waals surface area contributed by atoms with Crippen molar-refractivity contribution in [3.05, 3.63) is 198 Å². The summed E-state index contributed by atoms with van der Waals surface area (Å²) in [6.45, 7) is 0. The first-order chi connectivity index (χ1) is 24.8. The molecule has 0 unspecified atom stereocenters. The minimum Gasteiger partial charge on any atom is -0.457 e. The van der Waals surface area contributed by atoms with Gasteiger partial charge in [0.2, 0.25) is 0 Å². The summed E-state index contributed by atoms with van der Waals surface area (Å²) in [5.41, 5.74) is 11.5. The Labute approximate surface area is 289 Å². The second kappa shape index (κ2) is 10.2. The number of para-hydroxylation sites is 2. The SMILES string of the molecule is c1ccc(N(c2ccc3c(c2)oc2ccc4ccccc4c23)c2cccc3c2C2(c4ccccc4O3)c3ccccc3-c3ccccc32)cc1. The van der Waals surface area contributed by atoms with Crippen LogP contribution in [0.25, 0.3) is 43.8 Å². The average molecular weight is 640 g/mol. The van der Waals surface area contributed by atoms with Gasteiger partial charge in [-0.25, -0.2) is 0 Å². The number of rotatable bonds is 3. The second-order valence-electron chi connectivity index (χ2n) is 13.2. The van der Waals surface area contributed by atoms with Crippen LogP contribution < -0.4 is 9.64 Å². The predicted molar refractivity (Wildman–Crippen MR) is 203 cm³/mol. The standard InChI is InChI=1S/C47H29NO2/c1-2-14-31(15-3-1)48(32-26-27-36-44(29-32)50-42-28-25-30-13-4-5-16-33(30)45(36)42)40-22-12-24-43-46(40)47(39-21-10-11-23-41(39)49-43)37-19-8-6-17-34(37)35-18-7-9-20-38(35)47/h1-29H. The number of hydrogen-bond donors (Lipinski definition) is 0. The highest BCUT2D eigenvalue weighted by Crippen LogP contribution is 2.64. The molecular formula is C47H29NO2. The van der Waals surface area contributed by atoms with E-state index in [-0.39, 0.29) is 0 Å². The molecule has 0 radical (unpaired) electrons. The molecule has 0 saturated carbocycles. The van der Waals surface area contributed by atoms with Gasteiger partial charge < -0.3 is 14.1 Å². The predicted octanol–water partition coefficient (Wildman–Crippen LogP) is 12.7. The zero-order valence-electron chi connectivity index (χ0n) is 27.0. The number of nitrogens with zero attached hydrogens (tertiary/aromatic N) is 1. The summed E-state index contributed by atoms with van der Waals surface area (Å²) in [6, 6.07) is 62.8. The summed E-state index contributed by atoms with van der Waals surface area (Å²) >= 11 is 0. The molecule has 1 aliphatic carbocycles. The van der Waals surface area contributed by atoms with E-state index in [2.05, 4.69) is 181 Å². The Morgan fingerprint density at radius 2 is 1.12 bits per heavy atom. The number of benzene rings is 8. The Morgan fingerprint density at radius 3 is 1.94 bits per heavy atom. The van der Waals surface area contributed by atoms with Gasteiger partial charge in [0.15, 0.2) is 0 Å². The highest BCUT2D eigenvalue weighted by molar-refractivity contribution is 6.19. The quantitative estimate of drug-likeness (QED) is 0.192.